The summed E-state index contributed by atoms with van der Waals surface area (Å²) in [5.74, 6) is -1.73. The zero-order valence-corrected chi connectivity index (χ0v) is 25.6. The maximum atomic E-state index is 13.8. The summed E-state index contributed by atoms with van der Waals surface area (Å²) in [7, 11) is 0. The molecule has 232 valence electrons. The van der Waals surface area contributed by atoms with Gasteiger partial charge in [-0.3, -0.25) is 14.5 Å². The first-order valence-corrected chi connectivity index (χ1v) is 14.7. The molecule has 0 aliphatic carbocycles. The number of nitrogens with zero attached hydrogens (tertiary/aromatic N) is 3. The van der Waals surface area contributed by atoms with Crippen molar-refractivity contribution in [2.75, 3.05) is 32.9 Å². The number of oxime groups is 1. The molecule has 0 spiro atoms. The Hall–Kier alpha value is -4.93. The van der Waals surface area contributed by atoms with Crippen molar-refractivity contribution in [3.8, 4) is 5.69 Å². The molecule has 0 unspecified atom stereocenters. The highest BCUT2D eigenvalue weighted by Gasteiger charge is 2.36. The van der Waals surface area contributed by atoms with Gasteiger partial charge in [-0.25, -0.2) is 9.59 Å². The number of rotatable bonds is 11. The van der Waals surface area contributed by atoms with Gasteiger partial charge in [0.2, 0.25) is 5.78 Å². The van der Waals surface area contributed by atoms with Gasteiger partial charge in [-0.15, -0.1) is 0 Å². The molecule has 0 amide bonds. The van der Waals surface area contributed by atoms with Crippen molar-refractivity contribution in [1.29, 1.82) is 0 Å². The fourth-order valence-electron chi connectivity index (χ4n) is 5.57. The number of morpholine rings is 1. The third-order valence-electron chi connectivity index (χ3n) is 7.98. The Kier molecular flexibility index (Phi) is 9.36. The van der Waals surface area contributed by atoms with E-state index in [0.717, 1.165) is 33.6 Å². The monoisotopic (exact) mass is 609 g/mol. The first kappa shape index (κ1) is 31.5. The zero-order chi connectivity index (χ0) is 32.1. The number of hydrogen-bond acceptors (Lipinski definition) is 9. The number of fused-ring (bicyclic) bond motifs is 3. The van der Waals surface area contributed by atoms with E-state index < -0.39 is 23.3 Å². The molecule has 2 heterocycles. The third-order valence-corrected chi connectivity index (χ3v) is 7.98. The zero-order valence-electron chi connectivity index (χ0n) is 25.6. The average Bonchev–Trinajstić information content (AvgIpc) is 3.39. The fourth-order valence-corrected chi connectivity index (χ4v) is 5.57. The van der Waals surface area contributed by atoms with Crippen molar-refractivity contribution >= 4 is 51.0 Å². The van der Waals surface area contributed by atoms with Crippen LogP contribution in [0.2, 0.25) is 0 Å². The minimum absolute atomic E-state index is 0.0519. The highest BCUT2D eigenvalue weighted by molar-refractivity contribution is 6.46. The Balaban J connectivity index is 1.47. The van der Waals surface area contributed by atoms with Gasteiger partial charge in [-0.1, -0.05) is 29.9 Å². The number of hydrogen-bond donors (Lipinski definition) is 0. The van der Waals surface area contributed by atoms with E-state index in [1.165, 1.54) is 6.92 Å². The Morgan fingerprint density at radius 2 is 1.60 bits per heavy atom. The molecule has 3 aromatic carbocycles. The summed E-state index contributed by atoms with van der Waals surface area (Å²) in [6, 6.07) is 20.8. The molecule has 1 aliphatic heterocycles. The van der Waals surface area contributed by atoms with E-state index in [2.05, 4.69) is 21.2 Å². The van der Waals surface area contributed by atoms with Crippen molar-refractivity contribution in [3.63, 3.8) is 0 Å². The molecule has 1 aliphatic rings. The second kappa shape index (κ2) is 13.4. The lowest BCUT2D eigenvalue weighted by molar-refractivity contribution is -0.141. The quantitative estimate of drug-likeness (QED) is 0.0562. The lowest BCUT2D eigenvalue weighted by atomic mass is 9.90. The van der Waals surface area contributed by atoms with Crippen LogP contribution in [0.25, 0.3) is 27.5 Å². The van der Waals surface area contributed by atoms with E-state index in [0.29, 0.717) is 37.4 Å². The van der Waals surface area contributed by atoms with Crippen LogP contribution in [0, 0.1) is 0 Å². The fraction of sp³-hybridized carbons (Fsp3) is 0.286. The summed E-state index contributed by atoms with van der Waals surface area (Å²) >= 11 is 0. The van der Waals surface area contributed by atoms with Crippen molar-refractivity contribution in [1.82, 2.24) is 9.47 Å². The molecular weight excluding hydrogens is 574 g/mol. The summed E-state index contributed by atoms with van der Waals surface area (Å²) in [4.78, 5) is 56.7. The molecule has 10 nitrogen and oxygen atoms in total. The van der Waals surface area contributed by atoms with Gasteiger partial charge in [-0.2, -0.15) is 0 Å². The average molecular weight is 610 g/mol. The highest BCUT2D eigenvalue weighted by atomic mass is 16.7. The van der Waals surface area contributed by atoms with E-state index in [4.69, 9.17) is 14.3 Å². The molecule has 1 saturated heterocycles. The van der Waals surface area contributed by atoms with Crippen LogP contribution in [-0.2, 0) is 23.9 Å². The molecule has 0 radical (unpaired) electrons. The standard InChI is InChI=1S/C35H35N3O7/c1-5-32(40)44-19-16-29(36-45-23(2)39)33(41)24-10-13-26(14-11-24)38-30-9-7-6-8-27(30)28-22-25(12-15-31(28)38)34(42)35(3,4)37-17-20-43-21-18-37/h5-15,22H,1,16-21H2,2-4H3/b36-29+. The maximum absolute atomic E-state index is 13.8. The number of carbonyl (C=O) groups excluding carboxylic acids is 4. The second-order valence-electron chi connectivity index (χ2n) is 11.2. The predicted octanol–water partition coefficient (Wildman–Crippen LogP) is 5.30. The van der Waals surface area contributed by atoms with E-state index in [1.807, 2.05) is 68.4 Å². The van der Waals surface area contributed by atoms with Gasteiger partial charge in [0.1, 0.15) is 5.71 Å². The van der Waals surface area contributed by atoms with Gasteiger partial charge >= 0.3 is 11.9 Å². The third kappa shape index (κ3) is 6.62. The summed E-state index contributed by atoms with van der Waals surface area (Å²) in [5, 5.41) is 5.64. The van der Waals surface area contributed by atoms with E-state index in [9.17, 15) is 19.2 Å². The maximum Gasteiger partial charge on any atom is 0.331 e. The van der Waals surface area contributed by atoms with Crippen LogP contribution in [0.5, 0.6) is 0 Å². The van der Waals surface area contributed by atoms with Gasteiger partial charge in [0.25, 0.3) is 0 Å². The Labute approximate surface area is 260 Å². The van der Waals surface area contributed by atoms with E-state index in [-0.39, 0.29) is 24.5 Å². The summed E-state index contributed by atoms with van der Waals surface area (Å²) in [6.07, 6.45) is 0.965. The van der Waals surface area contributed by atoms with Crippen molar-refractivity contribution in [3.05, 3.63) is 90.5 Å². The van der Waals surface area contributed by atoms with Crippen molar-refractivity contribution < 1.29 is 33.5 Å². The number of para-hydroxylation sites is 1. The van der Waals surface area contributed by atoms with Crippen LogP contribution in [0.1, 0.15) is 47.9 Å². The van der Waals surface area contributed by atoms with Crippen LogP contribution in [-0.4, -0.2) is 77.1 Å². The Morgan fingerprint density at radius 3 is 2.29 bits per heavy atom. The van der Waals surface area contributed by atoms with Crippen molar-refractivity contribution in [2.24, 2.45) is 5.16 Å². The van der Waals surface area contributed by atoms with Crippen LogP contribution in [0.4, 0.5) is 0 Å². The molecule has 0 atom stereocenters. The first-order valence-electron chi connectivity index (χ1n) is 14.7. The first-order chi connectivity index (χ1) is 21.6. The number of ether oxygens (including phenoxy) is 2. The summed E-state index contributed by atoms with van der Waals surface area (Å²) < 4.78 is 12.6. The van der Waals surface area contributed by atoms with Gasteiger partial charge in [0, 0.05) is 60.1 Å². The normalized spacial score (nSPS) is 14.3. The van der Waals surface area contributed by atoms with Gasteiger partial charge in [0.05, 0.1) is 36.4 Å². The van der Waals surface area contributed by atoms with Gasteiger partial charge < -0.3 is 18.9 Å². The highest BCUT2D eigenvalue weighted by Crippen LogP contribution is 2.34. The van der Waals surface area contributed by atoms with Gasteiger partial charge in [0.15, 0.2) is 5.78 Å². The topological polar surface area (TPSA) is 116 Å². The number of benzene rings is 3. The van der Waals surface area contributed by atoms with E-state index in [1.54, 1.807) is 12.1 Å². The molecule has 0 bridgehead atoms. The Morgan fingerprint density at radius 1 is 0.933 bits per heavy atom. The van der Waals surface area contributed by atoms with Crippen LogP contribution in [0.3, 0.4) is 0 Å². The van der Waals surface area contributed by atoms with Crippen LogP contribution in [0.15, 0.2) is 84.5 Å². The molecule has 0 saturated carbocycles. The number of ketones is 2. The molecule has 5 rings (SSSR count). The minimum atomic E-state index is -0.681. The number of aromatic nitrogens is 1. The predicted molar refractivity (Wildman–Crippen MR) is 171 cm³/mol. The number of esters is 1. The molecule has 1 aromatic heterocycles. The molecule has 4 aromatic rings. The largest absolute Gasteiger partial charge is 0.462 e. The molecular formula is C35H35N3O7. The summed E-state index contributed by atoms with van der Waals surface area (Å²) in [5.41, 5.74) is 2.89. The SMILES string of the molecule is C=CC(=O)OCC/C(=N\OC(C)=O)C(=O)c1ccc(-n2c3ccccc3c3cc(C(=O)C(C)(C)N4CCOCC4)ccc32)cc1. The molecule has 0 N–H and O–H groups in total. The van der Waals surface area contributed by atoms with E-state index >= 15 is 0 Å². The number of Topliss-reactive ketones (excluding diaryl/α,β-unsaturated/α-hetero) is 2. The minimum Gasteiger partial charge on any atom is -0.462 e. The summed E-state index contributed by atoms with van der Waals surface area (Å²) in [6.45, 7) is 10.9. The van der Waals surface area contributed by atoms with Crippen LogP contribution >= 0.6 is 0 Å². The number of carbonyl (C=O) groups is 4. The molecule has 1 fully saturated rings. The molecule has 10 heteroatoms. The van der Waals surface area contributed by atoms with Crippen molar-refractivity contribution in [2.45, 2.75) is 32.7 Å². The molecule has 45 heavy (non-hydrogen) atoms. The smallest absolute Gasteiger partial charge is 0.331 e. The Bertz CT molecular complexity index is 1810. The van der Waals surface area contributed by atoms with Gasteiger partial charge in [-0.05, 0) is 62.4 Å². The lowest BCUT2D eigenvalue weighted by Gasteiger charge is -2.39. The lowest BCUT2D eigenvalue weighted by Crippen LogP contribution is -2.54. The second-order valence-corrected chi connectivity index (χ2v) is 11.2. The van der Waals surface area contributed by atoms with Crippen LogP contribution < -0.4 is 0 Å².